The SMILES string of the molecule is COc1ccc(/C=C(\C)CO)cn1. The first-order valence-corrected chi connectivity index (χ1v) is 4.04. The maximum atomic E-state index is 8.78. The summed E-state index contributed by atoms with van der Waals surface area (Å²) in [6.07, 6.45) is 3.59. The lowest BCUT2D eigenvalue weighted by Crippen LogP contribution is -1.88. The van der Waals surface area contributed by atoms with Crippen molar-refractivity contribution in [3.8, 4) is 5.88 Å². The summed E-state index contributed by atoms with van der Waals surface area (Å²) in [4.78, 5) is 4.04. The van der Waals surface area contributed by atoms with Crippen molar-refractivity contribution in [3.05, 3.63) is 29.5 Å². The zero-order valence-electron chi connectivity index (χ0n) is 7.82. The van der Waals surface area contributed by atoms with Crippen molar-refractivity contribution >= 4 is 6.08 Å². The lowest BCUT2D eigenvalue weighted by atomic mass is 10.2. The predicted molar refractivity (Wildman–Crippen MR) is 51.5 cm³/mol. The summed E-state index contributed by atoms with van der Waals surface area (Å²) in [5.41, 5.74) is 1.87. The Labute approximate surface area is 77.7 Å². The van der Waals surface area contributed by atoms with Crippen LogP contribution in [0, 0.1) is 0 Å². The van der Waals surface area contributed by atoms with E-state index in [0.717, 1.165) is 11.1 Å². The third-order valence-electron chi connectivity index (χ3n) is 1.63. The minimum Gasteiger partial charge on any atom is -0.481 e. The van der Waals surface area contributed by atoms with Gasteiger partial charge in [0, 0.05) is 12.3 Å². The largest absolute Gasteiger partial charge is 0.481 e. The molecular formula is C10H13NO2. The van der Waals surface area contributed by atoms with Crippen LogP contribution in [0.3, 0.4) is 0 Å². The van der Waals surface area contributed by atoms with E-state index in [1.165, 1.54) is 0 Å². The average Bonchev–Trinajstić information content (AvgIpc) is 2.19. The van der Waals surface area contributed by atoms with E-state index in [-0.39, 0.29) is 6.61 Å². The Morgan fingerprint density at radius 2 is 2.38 bits per heavy atom. The molecule has 0 aliphatic rings. The van der Waals surface area contributed by atoms with Crippen LogP contribution in [-0.4, -0.2) is 23.8 Å². The van der Waals surface area contributed by atoms with Crippen molar-refractivity contribution in [3.63, 3.8) is 0 Å². The van der Waals surface area contributed by atoms with Gasteiger partial charge in [-0.3, -0.25) is 0 Å². The lowest BCUT2D eigenvalue weighted by Gasteiger charge is -1.99. The molecule has 0 aliphatic carbocycles. The molecule has 0 amide bonds. The first-order chi connectivity index (χ1) is 6.26. The van der Waals surface area contributed by atoms with Gasteiger partial charge >= 0.3 is 0 Å². The van der Waals surface area contributed by atoms with E-state index in [1.807, 2.05) is 19.1 Å². The van der Waals surface area contributed by atoms with Crippen molar-refractivity contribution in [1.29, 1.82) is 0 Å². The number of pyridine rings is 1. The van der Waals surface area contributed by atoms with Crippen LogP contribution in [0.1, 0.15) is 12.5 Å². The van der Waals surface area contributed by atoms with Crippen molar-refractivity contribution in [2.75, 3.05) is 13.7 Å². The smallest absolute Gasteiger partial charge is 0.212 e. The molecule has 0 unspecified atom stereocenters. The molecule has 0 bridgehead atoms. The minimum atomic E-state index is 0.0754. The molecule has 13 heavy (non-hydrogen) atoms. The number of nitrogens with zero attached hydrogens (tertiary/aromatic N) is 1. The molecule has 0 fully saturated rings. The number of aromatic nitrogens is 1. The van der Waals surface area contributed by atoms with E-state index in [2.05, 4.69) is 4.98 Å². The number of rotatable bonds is 3. The Morgan fingerprint density at radius 1 is 1.62 bits per heavy atom. The van der Waals surface area contributed by atoms with Crippen LogP contribution in [0.5, 0.6) is 5.88 Å². The Hall–Kier alpha value is -1.35. The van der Waals surface area contributed by atoms with Gasteiger partial charge in [-0.05, 0) is 24.1 Å². The van der Waals surface area contributed by atoms with E-state index in [1.54, 1.807) is 19.4 Å². The van der Waals surface area contributed by atoms with Crippen molar-refractivity contribution < 1.29 is 9.84 Å². The van der Waals surface area contributed by atoms with Gasteiger partial charge in [-0.15, -0.1) is 0 Å². The van der Waals surface area contributed by atoms with Gasteiger partial charge < -0.3 is 9.84 Å². The van der Waals surface area contributed by atoms with Gasteiger partial charge in [-0.2, -0.15) is 0 Å². The molecule has 0 radical (unpaired) electrons. The second kappa shape index (κ2) is 4.62. The fraction of sp³-hybridized carbons (Fsp3) is 0.300. The highest BCUT2D eigenvalue weighted by Gasteiger charge is 1.92. The van der Waals surface area contributed by atoms with E-state index in [0.29, 0.717) is 5.88 Å². The van der Waals surface area contributed by atoms with Crippen LogP contribution in [-0.2, 0) is 0 Å². The van der Waals surface area contributed by atoms with Crippen LogP contribution in [0.15, 0.2) is 23.9 Å². The third kappa shape index (κ3) is 2.87. The molecule has 1 rings (SSSR count). The average molecular weight is 179 g/mol. The second-order valence-corrected chi connectivity index (χ2v) is 2.78. The molecule has 1 N–H and O–H groups in total. The van der Waals surface area contributed by atoms with E-state index in [9.17, 15) is 0 Å². The first-order valence-electron chi connectivity index (χ1n) is 4.04. The van der Waals surface area contributed by atoms with Gasteiger partial charge in [0.15, 0.2) is 0 Å². The lowest BCUT2D eigenvalue weighted by molar-refractivity contribution is 0.332. The van der Waals surface area contributed by atoms with Gasteiger partial charge in [-0.25, -0.2) is 4.98 Å². The highest BCUT2D eigenvalue weighted by atomic mass is 16.5. The Kier molecular flexibility index (Phi) is 3.46. The fourth-order valence-electron chi connectivity index (χ4n) is 0.928. The molecule has 0 aliphatic heterocycles. The minimum absolute atomic E-state index is 0.0754. The molecule has 1 aromatic rings. The summed E-state index contributed by atoms with van der Waals surface area (Å²) in [7, 11) is 1.58. The summed E-state index contributed by atoms with van der Waals surface area (Å²) in [6.45, 7) is 1.94. The quantitative estimate of drug-likeness (QED) is 0.764. The number of hydrogen-bond donors (Lipinski definition) is 1. The van der Waals surface area contributed by atoms with Gasteiger partial charge in [0.2, 0.25) is 5.88 Å². The highest BCUT2D eigenvalue weighted by molar-refractivity contribution is 5.51. The second-order valence-electron chi connectivity index (χ2n) is 2.78. The Balaban J connectivity index is 2.80. The number of aliphatic hydroxyl groups is 1. The summed E-state index contributed by atoms with van der Waals surface area (Å²) in [5.74, 6) is 0.596. The molecule has 3 heteroatoms. The summed E-state index contributed by atoms with van der Waals surface area (Å²) < 4.78 is 4.92. The summed E-state index contributed by atoms with van der Waals surface area (Å²) >= 11 is 0. The first kappa shape index (κ1) is 9.74. The molecule has 3 nitrogen and oxygen atoms in total. The Morgan fingerprint density at radius 3 is 2.85 bits per heavy atom. The maximum absolute atomic E-state index is 8.78. The van der Waals surface area contributed by atoms with Crippen molar-refractivity contribution in [2.24, 2.45) is 0 Å². The number of ether oxygens (including phenoxy) is 1. The normalized spacial score (nSPS) is 11.5. The zero-order chi connectivity index (χ0) is 9.68. The van der Waals surface area contributed by atoms with E-state index in [4.69, 9.17) is 9.84 Å². The number of hydrogen-bond acceptors (Lipinski definition) is 3. The Bertz CT molecular complexity index is 290. The summed E-state index contributed by atoms with van der Waals surface area (Å²) in [6, 6.07) is 3.68. The number of aliphatic hydroxyl groups excluding tert-OH is 1. The van der Waals surface area contributed by atoms with Crippen LogP contribution in [0.25, 0.3) is 6.08 Å². The summed E-state index contributed by atoms with van der Waals surface area (Å²) in [5, 5.41) is 8.78. The molecule has 1 aromatic heterocycles. The maximum Gasteiger partial charge on any atom is 0.212 e. The fourth-order valence-corrected chi connectivity index (χ4v) is 0.928. The molecule has 1 heterocycles. The standard InChI is InChI=1S/C10H13NO2/c1-8(7-12)5-9-3-4-10(13-2)11-6-9/h3-6,12H,7H2,1-2H3/b8-5+. The van der Waals surface area contributed by atoms with Gasteiger partial charge in [0.25, 0.3) is 0 Å². The third-order valence-corrected chi connectivity index (χ3v) is 1.63. The van der Waals surface area contributed by atoms with Crippen LogP contribution in [0.2, 0.25) is 0 Å². The molecule has 0 atom stereocenters. The van der Waals surface area contributed by atoms with Crippen LogP contribution < -0.4 is 4.74 Å². The predicted octanol–water partition coefficient (Wildman–Crippen LogP) is 1.49. The van der Waals surface area contributed by atoms with Gasteiger partial charge in [-0.1, -0.05) is 6.08 Å². The van der Waals surface area contributed by atoms with Crippen LogP contribution >= 0.6 is 0 Å². The van der Waals surface area contributed by atoms with Gasteiger partial charge in [0.1, 0.15) is 0 Å². The topological polar surface area (TPSA) is 42.4 Å². The zero-order valence-corrected chi connectivity index (χ0v) is 7.82. The highest BCUT2D eigenvalue weighted by Crippen LogP contribution is 2.09. The van der Waals surface area contributed by atoms with E-state index >= 15 is 0 Å². The number of methoxy groups -OCH3 is 1. The molecule has 0 aromatic carbocycles. The van der Waals surface area contributed by atoms with Gasteiger partial charge in [0.05, 0.1) is 13.7 Å². The van der Waals surface area contributed by atoms with E-state index < -0.39 is 0 Å². The monoisotopic (exact) mass is 179 g/mol. The van der Waals surface area contributed by atoms with Crippen molar-refractivity contribution in [2.45, 2.75) is 6.92 Å². The van der Waals surface area contributed by atoms with Crippen molar-refractivity contribution in [1.82, 2.24) is 4.98 Å². The molecule has 0 saturated heterocycles. The molecule has 70 valence electrons. The van der Waals surface area contributed by atoms with Crippen LogP contribution in [0.4, 0.5) is 0 Å². The molecular weight excluding hydrogens is 166 g/mol. The molecule has 0 saturated carbocycles. The molecule has 0 spiro atoms.